The molecule has 1 amide bonds. The van der Waals surface area contributed by atoms with E-state index < -0.39 is 6.10 Å². The molecule has 0 bridgehead atoms. The minimum atomic E-state index is -0.524. The highest BCUT2D eigenvalue weighted by Crippen LogP contribution is 2.25. The van der Waals surface area contributed by atoms with Crippen molar-refractivity contribution in [2.75, 3.05) is 52.4 Å². The van der Waals surface area contributed by atoms with Crippen LogP contribution in [-0.2, 0) is 4.79 Å². The van der Waals surface area contributed by atoms with Crippen LogP contribution in [0.25, 0.3) is 0 Å². The molecule has 1 aromatic carbocycles. The Kier molecular flexibility index (Phi) is 8.54. The van der Waals surface area contributed by atoms with Crippen molar-refractivity contribution in [2.24, 2.45) is 0 Å². The van der Waals surface area contributed by atoms with E-state index in [1.165, 1.54) is 5.56 Å². The fourth-order valence-electron chi connectivity index (χ4n) is 3.33. The molecular weight excluding hydrogens is 342 g/mol. The van der Waals surface area contributed by atoms with Gasteiger partial charge in [0.05, 0.1) is 6.54 Å². The Balaban J connectivity index is 1.71. The number of rotatable bonds is 9. The Morgan fingerprint density at radius 2 is 1.78 bits per heavy atom. The predicted octanol–water partition coefficient (Wildman–Crippen LogP) is 1.50. The zero-order valence-corrected chi connectivity index (χ0v) is 17.3. The number of carbonyl (C=O) groups is 1. The van der Waals surface area contributed by atoms with Gasteiger partial charge >= 0.3 is 0 Å². The Morgan fingerprint density at radius 1 is 1.15 bits per heavy atom. The van der Waals surface area contributed by atoms with E-state index >= 15 is 0 Å². The molecule has 152 valence electrons. The molecule has 0 aliphatic carbocycles. The lowest BCUT2D eigenvalue weighted by molar-refractivity contribution is -0.122. The maximum absolute atomic E-state index is 11.8. The van der Waals surface area contributed by atoms with Gasteiger partial charge in [0, 0.05) is 39.3 Å². The number of nitrogens with one attached hydrogen (secondary N) is 1. The molecule has 1 atom stereocenters. The molecule has 2 N–H and O–H groups in total. The van der Waals surface area contributed by atoms with Gasteiger partial charge in [-0.25, -0.2) is 0 Å². The number of ether oxygens (including phenoxy) is 1. The number of nitrogens with zero attached hydrogens (tertiary/aromatic N) is 2. The van der Waals surface area contributed by atoms with E-state index in [4.69, 9.17) is 4.74 Å². The monoisotopic (exact) mass is 377 g/mol. The number of benzene rings is 1. The third-order valence-corrected chi connectivity index (χ3v) is 5.17. The molecule has 6 heteroatoms. The number of aliphatic hydroxyl groups is 1. The van der Waals surface area contributed by atoms with Crippen molar-refractivity contribution in [3.63, 3.8) is 0 Å². The van der Waals surface area contributed by atoms with Gasteiger partial charge in [0.15, 0.2) is 0 Å². The Bertz CT molecular complexity index is 613. The minimum absolute atomic E-state index is 0.0997. The van der Waals surface area contributed by atoms with Crippen LogP contribution < -0.4 is 10.1 Å². The molecule has 1 aliphatic rings. The van der Waals surface area contributed by atoms with Crippen LogP contribution in [0.4, 0.5) is 0 Å². The number of hydrogen-bond donors (Lipinski definition) is 2. The first kappa shape index (κ1) is 21.7. The number of aryl methyl sites for hydroxylation is 2. The number of amides is 1. The average Bonchev–Trinajstić information content (AvgIpc) is 2.65. The summed E-state index contributed by atoms with van der Waals surface area (Å²) >= 11 is 0. The number of aliphatic hydroxyl groups excluding tert-OH is 1. The van der Waals surface area contributed by atoms with Crippen molar-refractivity contribution in [2.45, 2.75) is 40.2 Å². The molecule has 1 fully saturated rings. The van der Waals surface area contributed by atoms with Crippen LogP contribution in [0.3, 0.4) is 0 Å². The van der Waals surface area contributed by atoms with Gasteiger partial charge in [0.1, 0.15) is 18.5 Å². The van der Waals surface area contributed by atoms with Crippen LogP contribution in [0.15, 0.2) is 12.1 Å². The lowest BCUT2D eigenvalue weighted by atomic mass is 10.1. The quantitative estimate of drug-likeness (QED) is 0.683. The highest BCUT2D eigenvalue weighted by atomic mass is 16.5. The zero-order chi connectivity index (χ0) is 19.8. The number of β-amino-alcohol motifs (C(OH)–C–C–N with tert-alkyl or cyclic N) is 1. The Labute approximate surface area is 163 Å². The van der Waals surface area contributed by atoms with E-state index in [2.05, 4.69) is 48.0 Å². The zero-order valence-electron chi connectivity index (χ0n) is 17.3. The minimum Gasteiger partial charge on any atom is -0.490 e. The highest BCUT2D eigenvalue weighted by molar-refractivity contribution is 5.77. The standard InChI is InChI=1S/C21H35N3O3/c1-5-8-22-20(26)14-24-11-9-23(10-12-24)13-19(25)15-27-21-17(3)7-6-16(2)18(21)4/h6-7,19,25H,5,8-15H2,1-4H3,(H,22,26). The van der Waals surface area contributed by atoms with Gasteiger partial charge in [-0.05, 0) is 43.9 Å². The van der Waals surface area contributed by atoms with Gasteiger partial charge < -0.3 is 15.2 Å². The van der Waals surface area contributed by atoms with Crippen LogP contribution in [0.2, 0.25) is 0 Å². The van der Waals surface area contributed by atoms with Crippen molar-refractivity contribution < 1.29 is 14.6 Å². The van der Waals surface area contributed by atoms with Crippen LogP contribution in [0.5, 0.6) is 5.75 Å². The Morgan fingerprint density at radius 3 is 2.44 bits per heavy atom. The second-order valence-corrected chi connectivity index (χ2v) is 7.55. The molecule has 0 radical (unpaired) electrons. The van der Waals surface area contributed by atoms with Crippen molar-refractivity contribution in [1.82, 2.24) is 15.1 Å². The number of piperazine rings is 1. The van der Waals surface area contributed by atoms with Gasteiger partial charge in [-0.15, -0.1) is 0 Å². The topological polar surface area (TPSA) is 65.0 Å². The predicted molar refractivity (Wildman–Crippen MR) is 108 cm³/mol. The van der Waals surface area contributed by atoms with Crippen molar-refractivity contribution in [1.29, 1.82) is 0 Å². The molecule has 0 saturated carbocycles. The number of hydrogen-bond acceptors (Lipinski definition) is 5. The summed E-state index contributed by atoms with van der Waals surface area (Å²) in [6.07, 6.45) is 0.435. The second-order valence-electron chi connectivity index (χ2n) is 7.55. The SMILES string of the molecule is CCCNC(=O)CN1CCN(CC(O)COc2c(C)ccc(C)c2C)CC1. The third kappa shape index (κ3) is 6.79. The van der Waals surface area contributed by atoms with E-state index in [9.17, 15) is 9.90 Å². The summed E-state index contributed by atoms with van der Waals surface area (Å²) in [4.78, 5) is 16.2. The summed E-state index contributed by atoms with van der Waals surface area (Å²) in [7, 11) is 0. The first-order valence-corrected chi connectivity index (χ1v) is 9.99. The van der Waals surface area contributed by atoms with Crippen molar-refractivity contribution in [3.8, 4) is 5.75 Å². The molecule has 27 heavy (non-hydrogen) atoms. The molecular formula is C21H35N3O3. The van der Waals surface area contributed by atoms with Gasteiger partial charge in [0.25, 0.3) is 0 Å². The van der Waals surface area contributed by atoms with Crippen LogP contribution in [0, 0.1) is 20.8 Å². The molecule has 1 aliphatic heterocycles. The molecule has 2 rings (SSSR count). The van der Waals surface area contributed by atoms with Gasteiger partial charge in [-0.2, -0.15) is 0 Å². The molecule has 1 aromatic rings. The van der Waals surface area contributed by atoms with Crippen LogP contribution >= 0.6 is 0 Å². The van der Waals surface area contributed by atoms with Crippen LogP contribution in [-0.4, -0.2) is 79.3 Å². The summed E-state index contributed by atoms with van der Waals surface area (Å²) in [5, 5.41) is 13.3. The summed E-state index contributed by atoms with van der Waals surface area (Å²) in [6, 6.07) is 4.15. The maximum atomic E-state index is 11.8. The van der Waals surface area contributed by atoms with Crippen LogP contribution in [0.1, 0.15) is 30.0 Å². The van der Waals surface area contributed by atoms with Gasteiger partial charge in [-0.1, -0.05) is 19.1 Å². The summed E-state index contributed by atoms with van der Waals surface area (Å²) in [6.45, 7) is 13.7. The molecule has 0 aromatic heterocycles. The summed E-state index contributed by atoms with van der Waals surface area (Å²) in [5.74, 6) is 0.986. The lowest BCUT2D eigenvalue weighted by Crippen LogP contribution is -2.51. The summed E-state index contributed by atoms with van der Waals surface area (Å²) < 4.78 is 5.92. The van der Waals surface area contributed by atoms with Crippen molar-refractivity contribution >= 4 is 5.91 Å². The second kappa shape index (κ2) is 10.6. The largest absolute Gasteiger partial charge is 0.490 e. The smallest absolute Gasteiger partial charge is 0.234 e. The molecule has 6 nitrogen and oxygen atoms in total. The lowest BCUT2D eigenvalue weighted by Gasteiger charge is -2.35. The average molecular weight is 378 g/mol. The molecule has 1 saturated heterocycles. The number of carbonyl (C=O) groups excluding carboxylic acids is 1. The van der Waals surface area contributed by atoms with E-state index in [0.29, 0.717) is 19.7 Å². The van der Waals surface area contributed by atoms with Gasteiger partial charge in [-0.3, -0.25) is 14.6 Å². The van der Waals surface area contributed by atoms with E-state index in [1.807, 2.05) is 6.92 Å². The first-order valence-electron chi connectivity index (χ1n) is 9.99. The molecule has 1 unspecified atom stereocenters. The first-order chi connectivity index (χ1) is 12.9. The third-order valence-electron chi connectivity index (χ3n) is 5.17. The summed E-state index contributed by atoms with van der Waals surface area (Å²) in [5.41, 5.74) is 3.43. The van der Waals surface area contributed by atoms with E-state index in [0.717, 1.165) is 56.0 Å². The van der Waals surface area contributed by atoms with E-state index in [1.54, 1.807) is 0 Å². The maximum Gasteiger partial charge on any atom is 0.234 e. The fraction of sp³-hybridized carbons (Fsp3) is 0.667. The molecule has 0 spiro atoms. The van der Waals surface area contributed by atoms with Crippen molar-refractivity contribution in [3.05, 3.63) is 28.8 Å². The van der Waals surface area contributed by atoms with Gasteiger partial charge in [0.2, 0.25) is 5.91 Å². The highest BCUT2D eigenvalue weighted by Gasteiger charge is 2.21. The molecule has 1 heterocycles. The fourth-order valence-corrected chi connectivity index (χ4v) is 3.33. The Hall–Kier alpha value is -1.63. The normalized spacial score (nSPS) is 16.9. The van der Waals surface area contributed by atoms with E-state index in [-0.39, 0.29) is 5.91 Å².